The van der Waals surface area contributed by atoms with Gasteiger partial charge in [-0.15, -0.1) is 0 Å². The SMILES string of the molecule is CCCc1ccc(-c2ccccc2-c2ccc(C)cc2)cc1. The van der Waals surface area contributed by atoms with Crippen LogP contribution in [0.3, 0.4) is 0 Å². The van der Waals surface area contributed by atoms with Crippen molar-refractivity contribution < 1.29 is 0 Å². The molecule has 0 aliphatic carbocycles. The molecule has 0 aromatic heterocycles. The molecule has 0 amide bonds. The molecule has 0 atom stereocenters. The molecular weight excluding hydrogens is 264 g/mol. The van der Waals surface area contributed by atoms with E-state index in [9.17, 15) is 0 Å². The van der Waals surface area contributed by atoms with Crippen LogP contribution in [0.2, 0.25) is 0 Å². The van der Waals surface area contributed by atoms with Crippen LogP contribution >= 0.6 is 0 Å². The van der Waals surface area contributed by atoms with E-state index in [1.54, 1.807) is 0 Å². The first-order valence-corrected chi connectivity index (χ1v) is 8.03. The molecule has 0 heteroatoms. The van der Waals surface area contributed by atoms with E-state index in [0.29, 0.717) is 0 Å². The van der Waals surface area contributed by atoms with E-state index < -0.39 is 0 Å². The van der Waals surface area contributed by atoms with Crippen molar-refractivity contribution in [2.75, 3.05) is 0 Å². The zero-order chi connectivity index (χ0) is 15.4. The average molecular weight is 286 g/mol. The lowest BCUT2D eigenvalue weighted by Gasteiger charge is -2.11. The number of hydrogen-bond donors (Lipinski definition) is 0. The third-order valence-electron chi connectivity index (χ3n) is 4.09. The minimum atomic E-state index is 1.15. The van der Waals surface area contributed by atoms with Gasteiger partial charge in [0.15, 0.2) is 0 Å². The molecule has 0 aliphatic rings. The van der Waals surface area contributed by atoms with Gasteiger partial charge >= 0.3 is 0 Å². The van der Waals surface area contributed by atoms with Crippen LogP contribution in [-0.2, 0) is 6.42 Å². The van der Waals surface area contributed by atoms with Crippen LogP contribution in [0.4, 0.5) is 0 Å². The van der Waals surface area contributed by atoms with Gasteiger partial charge in [0.25, 0.3) is 0 Å². The van der Waals surface area contributed by atoms with E-state index in [2.05, 4.69) is 86.6 Å². The topological polar surface area (TPSA) is 0 Å². The molecule has 0 nitrogen and oxygen atoms in total. The second-order valence-corrected chi connectivity index (χ2v) is 5.86. The Morgan fingerprint density at radius 1 is 0.636 bits per heavy atom. The van der Waals surface area contributed by atoms with Crippen LogP contribution in [0, 0.1) is 6.92 Å². The summed E-state index contributed by atoms with van der Waals surface area (Å²) in [4.78, 5) is 0. The van der Waals surface area contributed by atoms with Crippen LogP contribution in [0.5, 0.6) is 0 Å². The van der Waals surface area contributed by atoms with Crippen LogP contribution in [0.1, 0.15) is 24.5 Å². The number of rotatable bonds is 4. The van der Waals surface area contributed by atoms with Crippen molar-refractivity contribution in [3.8, 4) is 22.3 Å². The summed E-state index contributed by atoms with van der Waals surface area (Å²) in [6.07, 6.45) is 2.35. The highest BCUT2D eigenvalue weighted by molar-refractivity contribution is 5.83. The molecule has 3 aromatic rings. The third-order valence-corrected chi connectivity index (χ3v) is 4.09. The Kier molecular flexibility index (Phi) is 4.39. The highest BCUT2D eigenvalue weighted by Gasteiger charge is 2.06. The average Bonchev–Trinajstić information content (AvgIpc) is 2.57. The Labute approximate surface area is 133 Å². The summed E-state index contributed by atoms with van der Waals surface area (Å²) in [6.45, 7) is 4.35. The molecule has 0 unspecified atom stereocenters. The summed E-state index contributed by atoms with van der Waals surface area (Å²) in [7, 11) is 0. The first-order chi connectivity index (χ1) is 10.8. The second-order valence-electron chi connectivity index (χ2n) is 5.86. The van der Waals surface area contributed by atoms with Crippen molar-refractivity contribution in [2.45, 2.75) is 26.7 Å². The highest BCUT2D eigenvalue weighted by atomic mass is 14.1. The quantitative estimate of drug-likeness (QED) is 0.529. The van der Waals surface area contributed by atoms with Crippen molar-refractivity contribution in [1.82, 2.24) is 0 Å². The predicted octanol–water partition coefficient (Wildman–Crippen LogP) is 6.28. The monoisotopic (exact) mass is 286 g/mol. The smallest absolute Gasteiger partial charge is 0.0105 e. The zero-order valence-electron chi connectivity index (χ0n) is 13.3. The molecule has 0 bridgehead atoms. The van der Waals surface area contributed by atoms with Crippen LogP contribution < -0.4 is 0 Å². The molecule has 0 saturated heterocycles. The van der Waals surface area contributed by atoms with E-state index in [0.717, 1.165) is 6.42 Å². The van der Waals surface area contributed by atoms with Crippen molar-refractivity contribution in [1.29, 1.82) is 0 Å². The number of benzene rings is 3. The van der Waals surface area contributed by atoms with E-state index >= 15 is 0 Å². The van der Waals surface area contributed by atoms with E-state index in [4.69, 9.17) is 0 Å². The van der Waals surface area contributed by atoms with Gasteiger partial charge in [-0.3, -0.25) is 0 Å². The van der Waals surface area contributed by atoms with Crippen LogP contribution in [0.15, 0.2) is 72.8 Å². The normalized spacial score (nSPS) is 10.6. The maximum Gasteiger partial charge on any atom is -0.0105 e. The van der Waals surface area contributed by atoms with Gasteiger partial charge in [0, 0.05) is 0 Å². The van der Waals surface area contributed by atoms with Gasteiger partial charge in [-0.25, -0.2) is 0 Å². The van der Waals surface area contributed by atoms with Gasteiger partial charge in [-0.2, -0.15) is 0 Å². The lowest BCUT2D eigenvalue weighted by atomic mass is 9.93. The van der Waals surface area contributed by atoms with Gasteiger partial charge in [0.2, 0.25) is 0 Å². The molecule has 0 heterocycles. The fraction of sp³-hybridized carbons (Fsp3) is 0.182. The highest BCUT2D eigenvalue weighted by Crippen LogP contribution is 2.32. The lowest BCUT2D eigenvalue weighted by molar-refractivity contribution is 0.922. The summed E-state index contributed by atoms with van der Waals surface area (Å²) >= 11 is 0. The summed E-state index contributed by atoms with van der Waals surface area (Å²) < 4.78 is 0. The molecular formula is C22H22. The maximum atomic E-state index is 2.25. The molecule has 0 fully saturated rings. The van der Waals surface area contributed by atoms with Crippen molar-refractivity contribution in [2.24, 2.45) is 0 Å². The van der Waals surface area contributed by atoms with Gasteiger partial charge in [0.05, 0.1) is 0 Å². The molecule has 110 valence electrons. The van der Waals surface area contributed by atoms with E-state index in [1.807, 2.05) is 0 Å². The predicted molar refractivity (Wildman–Crippen MR) is 96.0 cm³/mol. The summed E-state index contributed by atoms with van der Waals surface area (Å²) in [5.41, 5.74) is 7.87. The first kappa shape index (κ1) is 14.6. The molecule has 0 aliphatic heterocycles. The zero-order valence-corrected chi connectivity index (χ0v) is 13.3. The minimum absolute atomic E-state index is 1.15. The molecule has 3 aromatic carbocycles. The number of aryl methyl sites for hydroxylation is 2. The van der Waals surface area contributed by atoms with Gasteiger partial charge in [-0.1, -0.05) is 91.7 Å². The summed E-state index contributed by atoms with van der Waals surface area (Å²) in [6, 6.07) is 26.4. The fourth-order valence-electron chi connectivity index (χ4n) is 2.86. The minimum Gasteiger partial charge on any atom is -0.0651 e. The second kappa shape index (κ2) is 6.62. The van der Waals surface area contributed by atoms with Gasteiger partial charge in [0.1, 0.15) is 0 Å². The van der Waals surface area contributed by atoms with Crippen LogP contribution in [0.25, 0.3) is 22.3 Å². The largest absolute Gasteiger partial charge is 0.0651 e. The molecule has 0 radical (unpaired) electrons. The van der Waals surface area contributed by atoms with Crippen molar-refractivity contribution in [3.63, 3.8) is 0 Å². The summed E-state index contributed by atoms with van der Waals surface area (Å²) in [5, 5.41) is 0. The maximum absolute atomic E-state index is 2.25. The van der Waals surface area contributed by atoms with Crippen molar-refractivity contribution in [3.05, 3.63) is 83.9 Å². The standard InChI is InChI=1S/C22H22/c1-3-6-18-11-15-20(16-12-18)22-8-5-4-7-21(22)19-13-9-17(2)10-14-19/h4-5,7-16H,3,6H2,1-2H3. The number of hydrogen-bond acceptors (Lipinski definition) is 0. The molecule has 3 rings (SSSR count). The molecule has 22 heavy (non-hydrogen) atoms. The van der Waals surface area contributed by atoms with E-state index in [1.165, 1.54) is 39.8 Å². The fourth-order valence-corrected chi connectivity index (χ4v) is 2.86. The third kappa shape index (κ3) is 3.12. The summed E-state index contributed by atoms with van der Waals surface area (Å²) in [5.74, 6) is 0. The van der Waals surface area contributed by atoms with E-state index in [-0.39, 0.29) is 0 Å². The lowest BCUT2D eigenvalue weighted by Crippen LogP contribution is -1.87. The Balaban J connectivity index is 2.02. The molecule has 0 spiro atoms. The Morgan fingerprint density at radius 3 is 1.64 bits per heavy atom. The van der Waals surface area contributed by atoms with Crippen molar-refractivity contribution >= 4 is 0 Å². The van der Waals surface area contributed by atoms with Gasteiger partial charge < -0.3 is 0 Å². The first-order valence-electron chi connectivity index (χ1n) is 8.03. The molecule has 0 saturated carbocycles. The Morgan fingerprint density at radius 2 is 1.14 bits per heavy atom. The van der Waals surface area contributed by atoms with Crippen LogP contribution in [-0.4, -0.2) is 0 Å². The Hall–Kier alpha value is -2.34. The van der Waals surface area contributed by atoms with Gasteiger partial charge in [-0.05, 0) is 41.2 Å². The Bertz CT molecular complexity index is 734. The molecule has 0 N–H and O–H groups in total.